The minimum Gasteiger partial charge on any atom is -0.351 e. The molecule has 0 aromatic carbocycles. The van der Waals surface area contributed by atoms with Crippen molar-refractivity contribution in [3.05, 3.63) is 24.0 Å². The summed E-state index contributed by atoms with van der Waals surface area (Å²) in [6.45, 7) is 0. The third-order valence-electron chi connectivity index (χ3n) is 2.27. The quantitative estimate of drug-likeness (QED) is 0.745. The lowest BCUT2D eigenvalue weighted by molar-refractivity contribution is 0.256. The largest absolute Gasteiger partial charge is 0.351 e. The highest BCUT2D eigenvalue weighted by atomic mass is 32.1. The number of carbonyl (C=O) groups excluding carboxylic acids is 1. The Kier molecular flexibility index (Phi) is 1.80. The van der Waals surface area contributed by atoms with Crippen LogP contribution in [0.3, 0.4) is 0 Å². The van der Waals surface area contributed by atoms with Crippen LogP contribution in [0.25, 0.3) is 16.9 Å². The number of anilines is 1. The Hall–Kier alpha value is -2.15. The van der Waals surface area contributed by atoms with E-state index >= 15 is 0 Å². The maximum absolute atomic E-state index is 11.3. The van der Waals surface area contributed by atoms with E-state index in [2.05, 4.69) is 10.1 Å². The van der Waals surface area contributed by atoms with E-state index in [1.54, 1.807) is 17.1 Å². The number of thiophene rings is 1. The molecule has 0 spiro atoms. The van der Waals surface area contributed by atoms with Crippen LogP contribution in [0, 0.1) is 0 Å². The first-order chi connectivity index (χ1) is 7.77. The van der Waals surface area contributed by atoms with E-state index in [4.69, 9.17) is 5.73 Å². The van der Waals surface area contributed by atoms with Gasteiger partial charge >= 0.3 is 6.03 Å². The molecule has 16 heavy (non-hydrogen) atoms. The first kappa shape index (κ1) is 9.10. The minimum absolute atomic E-state index is 0.526. The summed E-state index contributed by atoms with van der Waals surface area (Å²) < 4.78 is 1.61. The molecule has 0 saturated carbocycles. The standard InChI is InChI=1S/C9H7N5OS/c10-9(15)13-2-3-14-8(11-5-12-14)7-6(13)1-4-16-7/h1-5H,(H2,10,15). The number of aromatic nitrogens is 3. The summed E-state index contributed by atoms with van der Waals surface area (Å²) in [5, 5.41) is 5.92. The van der Waals surface area contributed by atoms with Crippen molar-refractivity contribution >= 4 is 29.3 Å². The van der Waals surface area contributed by atoms with Crippen LogP contribution < -0.4 is 10.6 Å². The highest BCUT2D eigenvalue weighted by molar-refractivity contribution is 7.14. The molecule has 80 valence electrons. The number of hydrogen-bond donors (Lipinski definition) is 1. The maximum atomic E-state index is 11.3. The first-order valence-corrected chi connectivity index (χ1v) is 5.39. The summed E-state index contributed by atoms with van der Waals surface area (Å²) in [4.78, 5) is 17.7. The van der Waals surface area contributed by atoms with Crippen molar-refractivity contribution in [1.82, 2.24) is 14.8 Å². The van der Waals surface area contributed by atoms with E-state index < -0.39 is 6.03 Å². The zero-order valence-electron chi connectivity index (χ0n) is 8.07. The second kappa shape index (κ2) is 3.17. The summed E-state index contributed by atoms with van der Waals surface area (Å²) in [7, 11) is 0. The molecule has 0 unspecified atom stereocenters. The van der Waals surface area contributed by atoms with Crippen LogP contribution in [-0.4, -0.2) is 20.8 Å². The Bertz CT molecular complexity index is 584. The molecule has 0 aliphatic carbocycles. The summed E-state index contributed by atoms with van der Waals surface area (Å²) in [6, 6.07) is 1.31. The molecule has 2 N–H and O–H groups in total. The Morgan fingerprint density at radius 2 is 2.31 bits per heavy atom. The number of hydrogen-bond acceptors (Lipinski definition) is 4. The maximum Gasteiger partial charge on any atom is 0.323 e. The van der Waals surface area contributed by atoms with E-state index in [-0.39, 0.29) is 0 Å². The van der Waals surface area contributed by atoms with E-state index in [9.17, 15) is 4.79 Å². The summed E-state index contributed by atoms with van der Waals surface area (Å²) in [6.07, 6.45) is 4.71. The third kappa shape index (κ3) is 1.15. The van der Waals surface area contributed by atoms with Gasteiger partial charge in [-0.2, -0.15) is 5.10 Å². The molecule has 0 fully saturated rings. The average Bonchev–Trinajstić information content (AvgIpc) is 2.84. The molecule has 0 saturated heterocycles. The zero-order chi connectivity index (χ0) is 11.1. The predicted molar refractivity (Wildman–Crippen MR) is 60.7 cm³/mol. The minimum atomic E-state index is -0.526. The van der Waals surface area contributed by atoms with Crippen LogP contribution in [0.5, 0.6) is 0 Å². The van der Waals surface area contributed by atoms with Crippen LogP contribution >= 0.6 is 11.3 Å². The number of rotatable bonds is 0. The Morgan fingerprint density at radius 3 is 3.12 bits per heavy atom. The molecule has 0 bridgehead atoms. The van der Waals surface area contributed by atoms with Crippen molar-refractivity contribution in [3.63, 3.8) is 0 Å². The Balaban J connectivity index is 2.27. The second-order valence-electron chi connectivity index (χ2n) is 3.17. The van der Waals surface area contributed by atoms with Crippen molar-refractivity contribution in [1.29, 1.82) is 0 Å². The molecule has 1 aliphatic rings. The third-order valence-corrected chi connectivity index (χ3v) is 3.17. The lowest BCUT2D eigenvalue weighted by Crippen LogP contribution is -2.30. The number of amides is 2. The fourth-order valence-electron chi connectivity index (χ4n) is 1.58. The van der Waals surface area contributed by atoms with Gasteiger partial charge in [-0.3, -0.25) is 4.90 Å². The molecule has 3 rings (SSSR count). The van der Waals surface area contributed by atoms with Gasteiger partial charge in [0.05, 0.1) is 10.6 Å². The van der Waals surface area contributed by atoms with Crippen LogP contribution in [0.2, 0.25) is 0 Å². The molecule has 2 aromatic heterocycles. The molecule has 2 aromatic rings. The zero-order valence-corrected chi connectivity index (χ0v) is 8.89. The molecule has 2 amide bonds. The van der Waals surface area contributed by atoms with Gasteiger partial charge in [0.2, 0.25) is 0 Å². The molecular weight excluding hydrogens is 226 g/mol. The van der Waals surface area contributed by atoms with Crippen molar-refractivity contribution in [2.45, 2.75) is 0 Å². The highest BCUT2D eigenvalue weighted by Crippen LogP contribution is 2.36. The molecule has 0 atom stereocenters. The summed E-state index contributed by atoms with van der Waals surface area (Å²) in [5.41, 5.74) is 6.04. The predicted octanol–water partition coefficient (Wildman–Crippen LogP) is 1.33. The number of primary amides is 1. The SMILES string of the molecule is NC(=O)N1C=Cn2ncnc2-c2sccc21. The van der Waals surface area contributed by atoms with E-state index in [0.717, 1.165) is 10.6 Å². The van der Waals surface area contributed by atoms with Gasteiger partial charge in [0.15, 0.2) is 5.82 Å². The fourth-order valence-corrected chi connectivity index (χ4v) is 2.46. The molecule has 7 heteroatoms. The average molecular weight is 233 g/mol. The Labute approximate surface area is 94.6 Å². The van der Waals surface area contributed by atoms with Gasteiger partial charge in [-0.05, 0) is 11.4 Å². The number of carbonyl (C=O) groups is 1. The van der Waals surface area contributed by atoms with Gasteiger partial charge in [0.1, 0.15) is 6.33 Å². The normalized spacial score (nSPS) is 13.1. The van der Waals surface area contributed by atoms with Gasteiger partial charge in [-0.15, -0.1) is 11.3 Å². The lowest BCUT2D eigenvalue weighted by atomic mass is 10.3. The first-order valence-electron chi connectivity index (χ1n) is 4.52. The lowest BCUT2D eigenvalue weighted by Gasteiger charge is -2.13. The monoisotopic (exact) mass is 233 g/mol. The topological polar surface area (TPSA) is 77.0 Å². The molecular formula is C9H7N5OS. The van der Waals surface area contributed by atoms with E-state index in [1.165, 1.54) is 22.6 Å². The summed E-state index contributed by atoms with van der Waals surface area (Å²) in [5.74, 6) is 0.713. The van der Waals surface area contributed by atoms with Gasteiger partial charge in [-0.25, -0.2) is 14.5 Å². The van der Waals surface area contributed by atoms with Crippen LogP contribution in [0.4, 0.5) is 10.5 Å². The van der Waals surface area contributed by atoms with Crippen LogP contribution in [0.15, 0.2) is 24.0 Å². The van der Waals surface area contributed by atoms with Gasteiger partial charge in [0.25, 0.3) is 0 Å². The van der Waals surface area contributed by atoms with Crippen molar-refractivity contribution in [2.24, 2.45) is 5.73 Å². The smallest absolute Gasteiger partial charge is 0.323 e. The van der Waals surface area contributed by atoms with Gasteiger partial charge in [-0.1, -0.05) is 0 Å². The van der Waals surface area contributed by atoms with Crippen LogP contribution in [-0.2, 0) is 0 Å². The van der Waals surface area contributed by atoms with Gasteiger partial charge < -0.3 is 5.73 Å². The fraction of sp³-hybridized carbons (Fsp3) is 0. The Morgan fingerprint density at radius 1 is 1.44 bits per heavy atom. The number of urea groups is 1. The van der Waals surface area contributed by atoms with Gasteiger partial charge in [0, 0.05) is 12.4 Å². The molecule has 1 aliphatic heterocycles. The van der Waals surface area contributed by atoms with E-state index in [1.807, 2.05) is 11.4 Å². The van der Waals surface area contributed by atoms with Crippen molar-refractivity contribution in [2.75, 3.05) is 4.90 Å². The number of fused-ring (bicyclic) bond motifs is 3. The van der Waals surface area contributed by atoms with Crippen molar-refractivity contribution in [3.8, 4) is 10.7 Å². The molecule has 0 radical (unpaired) electrons. The molecule has 6 nitrogen and oxygen atoms in total. The number of nitrogens with zero attached hydrogens (tertiary/aromatic N) is 4. The molecule has 3 heterocycles. The van der Waals surface area contributed by atoms with Crippen molar-refractivity contribution < 1.29 is 4.79 Å². The second-order valence-corrected chi connectivity index (χ2v) is 4.09. The summed E-state index contributed by atoms with van der Waals surface area (Å²) >= 11 is 1.49. The van der Waals surface area contributed by atoms with E-state index in [0.29, 0.717) is 5.82 Å². The number of nitrogens with two attached hydrogens (primary N) is 1. The highest BCUT2D eigenvalue weighted by Gasteiger charge is 2.22. The van der Waals surface area contributed by atoms with Crippen LogP contribution in [0.1, 0.15) is 0 Å².